The Balaban J connectivity index is 1.46. The van der Waals surface area contributed by atoms with Crippen molar-refractivity contribution in [3.8, 4) is 17.0 Å². The van der Waals surface area contributed by atoms with Gasteiger partial charge in [0.1, 0.15) is 24.0 Å². The van der Waals surface area contributed by atoms with E-state index in [0.29, 0.717) is 24.5 Å². The van der Waals surface area contributed by atoms with Crippen LogP contribution in [-0.4, -0.2) is 31.7 Å². The molecule has 0 saturated carbocycles. The number of piperidine rings is 1. The van der Waals surface area contributed by atoms with E-state index in [1.807, 2.05) is 42.3 Å². The van der Waals surface area contributed by atoms with Crippen molar-refractivity contribution in [3.63, 3.8) is 0 Å². The van der Waals surface area contributed by atoms with E-state index in [-0.39, 0.29) is 17.8 Å². The van der Waals surface area contributed by atoms with Gasteiger partial charge in [-0.1, -0.05) is 30.8 Å². The number of aromatic nitrogens is 3. The summed E-state index contributed by atoms with van der Waals surface area (Å²) in [4.78, 5) is 24.1. The number of hydrogen-bond donors (Lipinski definition) is 0. The van der Waals surface area contributed by atoms with Crippen molar-refractivity contribution in [2.75, 3.05) is 6.54 Å². The predicted molar refractivity (Wildman–Crippen MR) is 137 cm³/mol. The fourth-order valence-electron chi connectivity index (χ4n) is 4.87. The molecule has 0 bridgehead atoms. The zero-order valence-corrected chi connectivity index (χ0v) is 20.6. The second-order valence-electron chi connectivity index (χ2n) is 9.19. The first-order valence-corrected chi connectivity index (χ1v) is 12.2. The fourth-order valence-corrected chi connectivity index (χ4v) is 4.87. The Morgan fingerprint density at radius 2 is 2.00 bits per heavy atom. The fraction of sp³-hybridized carbons (Fsp3) is 0.276. The van der Waals surface area contributed by atoms with Crippen molar-refractivity contribution in [1.82, 2.24) is 19.3 Å². The first-order chi connectivity index (χ1) is 17.5. The van der Waals surface area contributed by atoms with Crippen LogP contribution in [0.15, 0.2) is 67.5 Å². The van der Waals surface area contributed by atoms with Gasteiger partial charge < -0.3 is 9.64 Å². The van der Waals surface area contributed by atoms with Crippen molar-refractivity contribution in [1.29, 1.82) is 0 Å². The number of amides is 1. The molecule has 1 saturated heterocycles. The number of aryl methyl sites for hydroxylation is 2. The Morgan fingerprint density at radius 3 is 2.75 bits per heavy atom. The van der Waals surface area contributed by atoms with Crippen molar-refractivity contribution in [2.24, 2.45) is 0 Å². The number of likely N-dealkylation sites (tertiary alicyclic amines) is 1. The second kappa shape index (κ2) is 9.93. The van der Waals surface area contributed by atoms with Crippen LogP contribution < -0.4 is 4.74 Å². The molecule has 2 aromatic heterocycles. The lowest BCUT2D eigenvalue weighted by Crippen LogP contribution is -2.38. The van der Waals surface area contributed by atoms with Crippen LogP contribution in [-0.2, 0) is 11.4 Å². The summed E-state index contributed by atoms with van der Waals surface area (Å²) in [7, 11) is 0. The van der Waals surface area contributed by atoms with Crippen molar-refractivity contribution in [2.45, 2.75) is 45.8 Å². The molecule has 1 atom stereocenters. The number of imidazole rings is 1. The summed E-state index contributed by atoms with van der Waals surface area (Å²) < 4.78 is 21.4. The van der Waals surface area contributed by atoms with Gasteiger partial charge in [-0.25, -0.2) is 9.37 Å². The molecule has 36 heavy (non-hydrogen) atoms. The monoisotopic (exact) mass is 484 g/mol. The van der Waals surface area contributed by atoms with E-state index in [1.54, 1.807) is 25.3 Å². The molecule has 1 amide bonds. The van der Waals surface area contributed by atoms with Crippen LogP contribution in [0.1, 0.15) is 47.9 Å². The smallest absolute Gasteiger partial charge is 0.246 e. The van der Waals surface area contributed by atoms with E-state index in [1.165, 1.54) is 12.1 Å². The van der Waals surface area contributed by atoms with Crippen molar-refractivity contribution < 1.29 is 13.9 Å². The maximum Gasteiger partial charge on any atom is 0.246 e. The van der Waals surface area contributed by atoms with E-state index in [9.17, 15) is 9.18 Å². The second-order valence-corrected chi connectivity index (χ2v) is 9.19. The molecule has 7 heteroatoms. The van der Waals surface area contributed by atoms with Gasteiger partial charge in [0.15, 0.2) is 0 Å². The molecule has 5 rings (SSSR count). The number of rotatable bonds is 6. The molecule has 2 aromatic carbocycles. The van der Waals surface area contributed by atoms with Gasteiger partial charge in [0, 0.05) is 24.5 Å². The van der Waals surface area contributed by atoms with Gasteiger partial charge in [-0.2, -0.15) is 0 Å². The summed E-state index contributed by atoms with van der Waals surface area (Å²) in [5, 5.41) is 0. The van der Waals surface area contributed by atoms with E-state index in [2.05, 4.69) is 16.0 Å². The minimum atomic E-state index is -0.242. The van der Waals surface area contributed by atoms with Gasteiger partial charge in [0.05, 0.1) is 22.9 Å². The van der Waals surface area contributed by atoms with E-state index < -0.39 is 0 Å². The quantitative estimate of drug-likeness (QED) is 0.316. The minimum Gasteiger partial charge on any atom is -0.489 e. The molecule has 184 valence electrons. The minimum absolute atomic E-state index is 0.0653. The first kappa shape index (κ1) is 23.7. The summed E-state index contributed by atoms with van der Waals surface area (Å²) in [6, 6.07) is 12.7. The Labute approximate surface area is 210 Å². The largest absolute Gasteiger partial charge is 0.489 e. The number of carbonyl (C=O) groups excluding carboxylic acids is 1. The molecule has 1 aliphatic heterocycles. The van der Waals surface area contributed by atoms with Gasteiger partial charge >= 0.3 is 0 Å². The van der Waals surface area contributed by atoms with Crippen LogP contribution in [0, 0.1) is 19.7 Å². The van der Waals surface area contributed by atoms with Gasteiger partial charge in [-0.3, -0.25) is 14.2 Å². The SMILES string of the molecule is C=CC(=O)N1CCCC[C@H]1c1nc(-c2ccc(COc3ccc(F)c(C)c3)cc2)c2c(C)nccn12. The highest BCUT2D eigenvalue weighted by Gasteiger charge is 2.31. The Hall–Kier alpha value is -4.00. The topological polar surface area (TPSA) is 59.7 Å². The number of ether oxygens (including phenoxy) is 1. The molecule has 1 fully saturated rings. The Bertz CT molecular complexity index is 1430. The van der Waals surface area contributed by atoms with E-state index in [4.69, 9.17) is 9.72 Å². The first-order valence-electron chi connectivity index (χ1n) is 12.2. The average Bonchev–Trinajstić information content (AvgIpc) is 3.30. The molecular weight excluding hydrogens is 455 g/mol. The van der Waals surface area contributed by atoms with Gasteiger partial charge in [-0.15, -0.1) is 0 Å². The predicted octanol–water partition coefficient (Wildman–Crippen LogP) is 5.97. The van der Waals surface area contributed by atoms with Crippen LogP contribution in [0.3, 0.4) is 0 Å². The van der Waals surface area contributed by atoms with Gasteiger partial charge in [0.25, 0.3) is 0 Å². The number of halogens is 1. The number of nitrogens with zero attached hydrogens (tertiary/aromatic N) is 4. The Morgan fingerprint density at radius 1 is 1.19 bits per heavy atom. The third kappa shape index (κ3) is 4.49. The number of benzene rings is 2. The molecule has 4 aromatic rings. The number of fused-ring (bicyclic) bond motifs is 1. The zero-order valence-electron chi connectivity index (χ0n) is 20.6. The third-order valence-corrected chi connectivity index (χ3v) is 6.79. The number of carbonyl (C=O) groups is 1. The normalized spacial score (nSPS) is 15.8. The lowest BCUT2D eigenvalue weighted by Gasteiger charge is -2.34. The molecule has 0 radical (unpaired) electrons. The van der Waals surface area contributed by atoms with Crippen LogP contribution in [0.4, 0.5) is 4.39 Å². The summed E-state index contributed by atoms with van der Waals surface area (Å²) in [5.41, 5.74) is 5.18. The van der Waals surface area contributed by atoms with Crippen molar-refractivity contribution >= 4 is 11.4 Å². The van der Waals surface area contributed by atoms with Crippen LogP contribution in [0.2, 0.25) is 0 Å². The maximum absolute atomic E-state index is 13.5. The lowest BCUT2D eigenvalue weighted by atomic mass is 10.0. The third-order valence-electron chi connectivity index (χ3n) is 6.79. The highest BCUT2D eigenvalue weighted by molar-refractivity contribution is 5.87. The van der Waals surface area contributed by atoms with Crippen LogP contribution in [0.5, 0.6) is 5.75 Å². The van der Waals surface area contributed by atoms with E-state index >= 15 is 0 Å². The van der Waals surface area contributed by atoms with Gasteiger partial charge in [0.2, 0.25) is 5.91 Å². The molecule has 3 heterocycles. The molecule has 0 unspecified atom stereocenters. The lowest BCUT2D eigenvalue weighted by molar-refractivity contribution is -0.129. The van der Waals surface area contributed by atoms with Crippen molar-refractivity contribution in [3.05, 3.63) is 96.0 Å². The summed E-state index contributed by atoms with van der Waals surface area (Å²) in [6.45, 7) is 8.46. The molecule has 0 aliphatic carbocycles. The maximum atomic E-state index is 13.5. The van der Waals surface area contributed by atoms with Gasteiger partial charge in [-0.05, 0) is 68.5 Å². The molecule has 0 N–H and O–H groups in total. The molecular formula is C29H29FN4O2. The number of hydrogen-bond acceptors (Lipinski definition) is 4. The van der Waals surface area contributed by atoms with Crippen LogP contribution >= 0.6 is 0 Å². The average molecular weight is 485 g/mol. The standard InChI is InChI=1S/C29H29FN4O2/c1-4-26(35)33-15-6-5-7-25(33)29-32-27(28-20(3)31-14-16-34(28)29)22-10-8-21(9-11-22)18-36-23-12-13-24(30)19(2)17-23/h4,8-14,16-17,25H,1,5-7,15,18H2,2-3H3/t25-/m0/s1. The zero-order chi connectivity index (χ0) is 25.2. The summed E-state index contributed by atoms with van der Waals surface area (Å²) >= 11 is 0. The summed E-state index contributed by atoms with van der Waals surface area (Å²) in [6.07, 6.45) is 7.97. The van der Waals surface area contributed by atoms with E-state index in [0.717, 1.165) is 53.1 Å². The highest BCUT2D eigenvalue weighted by Crippen LogP contribution is 2.35. The van der Waals surface area contributed by atoms with Crippen LogP contribution in [0.25, 0.3) is 16.8 Å². The highest BCUT2D eigenvalue weighted by atomic mass is 19.1. The molecule has 1 aliphatic rings. The Kier molecular flexibility index (Phi) is 6.55. The summed E-state index contributed by atoms with van der Waals surface area (Å²) in [5.74, 6) is 1.17. The molecule has 0 spiro atoms. The molecule has 6 nitrogen and oxygen atoms in total.